The molecule has 0 unspecified atom stereocenters. The van der Waals surface area contributed by atoms with Crippen molar-refractivity contribution in [1.29, 1.82) is 0 Å². The number of phenolic OH excluding ortho intramolecular Hbond substituents is 1. The quantitative estimate of drug-likeness (QED) is 0.494. The maximum absolute atomic E-state index is 10.7. The average Bonchev–Trinajstić information content (AvgIpc) is 2.57. The summed E-state index contributed by atoms with van der Waals surface area (Å²) in [5, 5.41) is 18.7. The Bertz CT molecular complexity index is 479. The molecule has 2 aromatic rings. The highest BCUT2D eigenvalue weighted by molar-refractivity contribution is 7.21. The number of carboxylic acids is 1. The van der Waals surface area contributed by atoms with E-state index in [1.54, 1.807) is 6.07 Å². The minimum absolute atomic E-state index is 0.0537. The van der Waals surface area contributed by atoms with E-state index in [9.17, 15) is 9.90 Å². The van der Waals surface area contributed by atoms with Crippen molar-refractivity contribution >= 4 is 33.1 Å². The van der Waals surface area contributed by atoms with E-state index in [2.05, 4.69) is 0 Å². The van der Waals surface area contributed by atoms with Crippen LogP contribution in [0.4, 0.5) is 5.69 Å². The number of phenols is 1. The number of rotatable bonds is 1. The fourth-order valence-corrected chi connectivity index (χ4v) is 2.18. The van der Waals surface area contributed by atoms with Gasteiger partial charge in [0.15, 0.2) is 0 Å². The van der Waals surface area contributed by atoms with Crippen LogP contribution in [0.3, 0.4) is 0 Å². The molecule has 0 radical (unpaired) electrons. The van der Waals surface area contributed by atoms with Crippen molar-refractivity contribution in [2.24, 2.45) is 0 Å². The van der Waals surface area contributed by atoms with Crippen molar-refractivity contribution in [3.63, 3.8) is 0 Å². The van der Waals surface area contributed by atoms with E-state index in [-0.39, 0.29) is 10.6 Å². The van der Waals surface area contributed by atoms with Crippen LogP contribution in [0, 0.1) is 0 Å². The first-order valence-electron chi connectivity index (χ1n) is 3.84. The summed E-state index contributed by atoms with van der Waals surface area (Å²) in [6.45, 7) is 0. The van der Waals surface area contributed by atoms with Gasteiger partial charge in [-0.15, -0.1) is 11.3 Å². The summed E-state index contributed by atoms with van der Waals surface area (Å²) in [5.41, 5.74) is 6.13. The van der Waals surface area contributed by atoms with Gasteiger partial charge in [0.2, 0.25) is 0 Å². The molecule has 72 valence electrons. The molecule has 0 saturated heterocycles. The Kier molecular flexibility index (Phi) is 1.82. The van der Waals surface area contributed by atoms with Gasteiger partial charge < -0.3 is 15.9 Å². The Morgan fingerprint density at radius 2 is 2.14 bits per heavy atom. The second kappa shape index (κ2) is 2.88. The van der Waals surface area contributed by atoms with Gasteiger partial charge in [-0.3, -0.25) is 0 Å². The monoisotopic (exact) mass is 209 g/mol. The number of hydrogen-bond acceptors (Lipinski definition) is 4. The number of benzene rings is 1. The fraction of sp³-hybridized carbons (Fsp3) is 0. The molecule has 0 aliphatic carbocycles. The number of anilines is 1. The van der Waals surface area contributed by atoms with Crippen LogP contribution in [0.2, 0.25) is 0 Å². The van der Waals surface area contributed by atoms with Gasteiger partial charge in [-0.2, -0.15) is 0 Å². The molecule has 4 nitrogen and oxygen atoms in total. The predicted molar refractivity (Wildman–Crippen MR) is 54.9 cm³/mol. The minimum atomic E-state index is -1.01. The first-order valence-corrected chi connectivity index (χ1v) is 4.65. The summed E-state index contributed by atoms with van der Waals surface area (Å²) in [4.78, 5) is 10.9. The van der Waals surface area contributed by atoms with E-state index < -0.39 is 5.97 Å². The number of hydrogen-bond donors (Lipinski definition) is 3. The Labute approximate surface area is 83.2 Å². The van der Waals surface area contributed by atoms with E-state index >= 15 is 0 Å². The summed E-state index contributed by atoms with van der Waals surface area (Å²) < 4.78 is 0.613. The number of fused-ring (bicyclic) bond motifs is 1. The number of nitrogen functional groups attached to an aromatic ring is 1. The summed E-state index contributed by atoms with van der Waals surface area (Å²) >= 11 is 1.06. The fourth-order valence-electron chi connectivity index (χ4n) is 1.24. The Morgan fingerprint density at radius 1 is 1.43 bits per heavy atom. The molecular formula is C9H7NO3S. The topological polar surface area (TPSA) is 83.5 Å². The predicted octanol–water partition coefficient (Wildman–Crippen LogP) is 1.89. The first kappa shape index (κ1) is 8.83. The average molecular weight is 209 g/mol. The largest absolute Gasteiger partial charge is 0.507 e. The molecule has 0 amide bonds. The van der Waals surface area contributed by atoms with Crippen molar-refractivity contribution in [2.75, 3.05) is 5.73 Å². The molecule has 1 heterocycles. The lowest BCUT2D eigenvalue weighted by molar-refractivity contribution is 0.0702. The molecule has 0 aliphatic rings. The zero-order valence-electron chi connectivity index (χ0n) is 7.02. The smallest absolute Gasteiger partial charge is 0.345 e. The van der Waals surface area contributed by atoms with Gasteiger partial charge in [0.05, 0.1) is 4.70 Å². The zero-order chi connectivity index (χ0) is 10.3. The van der Waals surface area contributed by atoms with Crippen molar-refractivity contribution in [3.05, 3.63) is 23.1 Å². The highest BCUT2D eigenvalue weighted by Crippen LogP contribution is 2.35. The number of aromatic carboxylic acids is 1. The molecule has 0 aliphatic heterocycles. The van der Waals surface area contributed by atoms with Gasteiger partial charge >= 0.3 is 5.97 Å². The van der Waals surface area contributed by atoms with Crippen LogP contribution in [0.1, 0.15) is 9.67 Å². The summed E-state index contributed by atoms with van der Waals surface area (Å²) in [6.07, 6.45) is 0. The molecule has 0 spiro atoms. The van der Waals surface area contributed by atoms with E-state index in [1.165, 1.54) is 12.1 Å². The van der Waals surface area contributed by atoms with E-state index in [0.717, 1.165) is 11.3 Å². The van der Waals surface area contributed by atoms with Crippen LogP contribution in [0.25, 0.3) is 10.1 Å². The number of thiophene rings is 1. The van der Waals surface area contributed by atoms with Gasteiger partial charge in [0, 0.05) is 11.1 Å². The van der Waals surface area contributed by atoms with Crippen molar-refractivity contribution in [3.8, 4) is 5.75 Å². The molecular weight excluding hydrogens is 202 g/mol. The third-order valence-corrected chi connectivity index (χ3v) is 3.07. The SMILES string of the molecule is Nc1ccc(O)c2cc(C(=O)O)sc12. The highest BCUT2D eigenvalue weighted by Gasteiger charge is 2.12. The maximum Gasteiger partial charge on any atom is 0.345 e. The minimum Gasteiger partial charge on any atom is -0.507 e. The maximum atomic E-state index is 10.7. The summed E-state index contributed by atoms with van der Waals surface area (Å²) in [6, 6.07) is 4.43. The third-order valence-electron chi connectivity index (χ3n) is 1.90. The molecule has 4 N–H and O–H groups in total. The number of nitrogens with two attached hydrogens (primary N) is 1. The van der Waals surface area contributed by atoms with Crippen LogP contribution < -0.4 is 5.73 Å². The van der Waals surface area contributed by atoms with Crippen molar-refractivity contribution in [2.45, 2.75) is 0 Å². The number of carbonyl (C=O) groups is 1. The zero-order valence-corrected chi connectivity index (χ0v) is 7.84. The molecule has 5 heteroatoms. The highest BCUT2D eigenvalue weighted by atomic mass is 32.1. The van der Waals surface area contributed by atoms with Crippen LogP contribution in [-0.2, 0) is 0 Å². The lowest BCUT2D eigenvalue weighted by Crippen LogP contribution is -1.89. The van der Waals surface area contributed by atoms with Crippen LogP contribution in [0.15, 0.2) is 18.2 Å². The normalized spacial score (nSPS) is 10.6. The van der Waals surface area contributed by atoms with Crippen molar-refractivity contribution in [1.82, 2.24) is 0 Å². The number of carboxylic acid groups (broad SMARTS) is 1. The van der Waals surface area contributed by atoms with Crippen LogP contribution >= 0.6 is 11.3 Å². The van der Waals surface area contributed by atoms with E-state index in [0.29, 0.717) is 15.8 Å². The van der Waals surface area contributed by atoms with Crippen molar-refractivity contribution < 1.29 is 15.0 Å². The third kappa shape index (κ3) is 1.18. The van der Waals surface area contributed by atoms with E-state index in [4.69, 9.17) is 10.8 Å². The molecule has 14 heavy (non-hydrogen) atoms. The van der Waals surface area contributed by atoms with Gasteiger partial charge in [-0.1, -0.05) is 0 Å². The van der Waals surface area contributed by atoms with Crippen LogP contribution in [-0.4, -0.2) is 16.2 Å². The molecule has 0 fully saturated rings. The molecule has 0 bridgehead atoms. The molecule has 0 saturated carbocycles. The lowest BCUT2D eigenvalue weighted by Gasteiger charge is -1.96. The molecule has 2 rings (SSSR count). The van der Waals surface area contributed by atoms with Gasteiger partial charge in [0.1, 0.15) is 10.6 Å². The second-order valence-electron chi connectivity index (χ2n) is 2.83. The summed E-state index contributed by atoms with van der Waals surface area (Å²) in [5.74, 6) is -0.956. The number of aromatic hydroxyl groups is 1. The van der Waals surface area contributed by atoms with Crippen LogP contribution in [0.5, 0.6) is 5.75 Å². The molecule has 0 atom stereocenters. The van der Waals surface area contributed by atoms with Gasteiger partial charge in [0.25, 0.3) is 0 Å². The standard InChI is InChI=1S/C9H7NO3S/c10-5-1-2-6(11)4-3-7(9(12)13)14-8(4)5/h1-3,11H,10H2,(H,12,13). The Morgan fingerprint density at radius 3 is 2.71 bits per heavy atom. The lowest BCUT2D eigenvalue weighted by atomic mass is 10.2. The Hall–Kier alpha value is -1.75. The van der Waals surface area contributed by atoms with Gasteiger partial charge in [-0.05, 0) is 18.2 Å². The molecule has 1 aromatic carbocycles. The first-order chi connectivity index (χ1) is 6.59. The summed E-state index contributed by atoms with van der Waals surface area (Å²) in [7, 11) is 0. The Balaban J connectivity index is 2.82. The molecule has 1 aromatic heterocycles. The van der Waals surface area contributed by atoms with Gasteiger partial charge in [-0.25, -0.2) is 4.79 Å². The van der Waals surface area contributed by atoms with E-state index in [1.807, 2.05) is 0 Å². The second-order valence-corrected chi connectivity index (χ2v) is 3.88.